The van der Waals surface area contributed by atoms with Crippen LogP contribution in [0.5, 0.6) is 0 Å². The molecule has 1 saturated heterocycles. The van der Waals surface area contributed by atoms with E-state index in [4.69, 9.17) is 4.74 Å². The van der Waals surface area contributed by atoms with Crippen LogP contribution in [0, 0.1) is 0 Å². The van der Waals surface area contributed by atoms with Gasteiger partial charge in [0, 0.05) is 51.9 Å². The Labute approximate surface area is 162 Å². The number of unbranched alkanes of at least 4 members (excludes halogenated alkanes) is 2. The molecule has 1 aromatic heterocycles. The number of ether oxygens (including phenoxy) is 1. The van der Waals surface area contributed by atoms with Crippen LogP contribution >= 0.6 is 0 Å². The van der Waals surface area contributed by atoms with Gasteiger partial charge in [-0.3, -0.25) is 14.7 Å². The zero-order chi connectivity index (χ0) is 19.3. The minimum absolute atomic E-state index is 0.0140. The lowest BCUT2D eigenvalue weighted by molar-refractivity contribution is -0.143. The van der Waals surface area contributed by atoms with Crippen molar-refractivity contribution in [2.45, 2.75) is 45.6 Å². The molecule has 7 nitrogen and oxygen atoms in total. The van der Waals surface area contributed by atoms with E-state index in [1.165, 1.54) is 0 Å². The van der Waals surface area contributed by atoms with Crippen molar-refractivity contribution in [1.29, 1.82) is 0 Å². The maximum Gasteiger partial charge on any atom is 0.317 e. The maximum atomic E-state index is 12.4. The molecule has 7 heteroatoms. The molecule has 2 amide bonds. The van der Waals surface area contributed by atoms with Crippen molar-refractivity contribution in [1.82, 2.24) is 20.1 Å². The topological polar surface area (TPSA) is 74.8 Å². The van der Waals surface area contributed by atoms with Crippen molar-refractivity contribution < 1.29 is 14.3 Å². The molecule has 0 radical (unpaired) electrons. The van der Waals surface area contributed by atoms with Crippen LogP contribution in [-0.4, -0.2) is 66.1 Å². The SMILES string of the molecule is CCOC(=O)CCCCCNC(=O)N1CCCN(Cc2ccccn2)CC1. The Morgan fingerprint density at radius 2 is 2.04 bits per heavy atom. The van der Waals surface area contributed by atoms with Gasteiger partial charge in [-0.25, -0.2) is 4.79 Å². The molecule has 1 aliphatic heterocycles. The largest absolute Gasteiger partial charge is 0.466 e. The summed E-state index contributed by atoms with van der Waals surface area (Å²) in [5.74, 6) is -0.138. The van der Waals surface area contributed by atoms with Gasteiger partial charge in [-0.2, -0.15) is 0 Å². The summed E-state index contributed by atoms with van der Waals surface area (Å²) in [5, 5.41) is 3.00. The Kier molecular flexibility index (Phi) is 9.62. The number of nitrogens with one attached hydrogen (secondary N) is 1. The van der Waals surface area contributed by atoms with E-state index in [9.17, 15) is 9.59 Å². The summed E-state index contributed by atoms with van der Waals surface area (Å²) in [6, 6.07) is 5.98. The molecule has 150 valence electrons. The fourth-order valence-electron chi connectivity index (χ4n) is 3.16. The fraction of sp³-hybridized carbons (Fsp3) is 0.650. The van der Waals surface area contributed by atoms with E-state index in [0.717, 1.165) is 64.1 Å². The summed E-state index contributed by atoms with van der Waals surface area (Å²) in [5.41, 5.74) is 1.07. The van der Waals surface area contributed by atoms with Crippen LogP contribution in [0.2, 0.25) is 0 Å². The van der Waals surface area contributed by atoms with Crippen LogP contribution in [0.4, 0.5) is 4.79 Å². The molecule has 1 N–H and O–H groups in total. The summed E-state index contributed by atoms with van der Waals surface area (Å²) in [6.45, 7) is 7.09. The zero-order valence-electron chi connectivity index (χ0n) is 16.4. The van der Waals surface area contributed by atoms with Gasteiger partial charge in [0.1, 0.15) is 0 Å². The van der Waals surface area contributed by atoms with E-state index in [1.54, 1.807) is 0 Å². The molecule has 1 aliphatic rings. The second-order valence-electron chi connectivity index (χ2n) is 6.79. The third kappa shape index (κ3) is 8.39. The quantitative estimate of drug-likeness (QED) is 0.529. The molecule has 27 heavy (non-hydrogen) atoms. The number of aromatic nitrogens is 1. The summed E-state index contributed by atoms with van der Waals surface area (Å²) >= 11 is 0. The Morgan fingerprint density at radius 3 is 2.81 bits per heavy atom. The van der Waals surface area contributed by atoms with Crippen LogP contribution in [0.1, 0.15) is 44.7 Å². The van der Waals surface area contributed by atoms with Gasteiger partial charge in [0.15, 0.2) is 0 Å². The number of carbonyl (C=O) groups excluding carboxylic acids is 2. The summed E-state index contributed by atoms with van der Waals surface area (Å²) < 4.78 is 4.90. The molecule has 2 rings (SSSR count). The molecule has 0 unspecified atom stereocenters. The first-order chi connectivity index (χ1) is 13.2. The molecule has 0 saturated carbocycles. The number of rotatable bonds is 9. The Hall–Kier alpha value is -2.15. The first-order valence-corrected chi connectivity index (χ1v) is 9.99. The van der Waals surface area contributed by atoms with Crippen molar-refractivity contribution in [2.75, 3.05) is 39.3 Å². The average molecular weight is 377 g/mol. The van der Waals surface area contributed by atoms with Gasteiger partial charge >= 0.3 is 12.0 Å². The highest BCUT2D eigenvalue weighted by Gasteiger charge is 2.19. The number of carbonyl (C=O) groups is 2. The van der Waals surface area contributed by atoms with Gasteiger partial charge < -0.3 is 15.0 Å². The monoisotopic (exact) mass is 376 g/mol. The third-order valence-electron chi connectivity index (χ3n) is 4.63. The zero-order valence-corrected chi connectivity index (χ0v) is 16.4. The first kappa shape index (κ1) is 21.2. The first-order valence-electron chi connectivity index (χ1n) is 9.99. The highest BCUT2D eigenvalue weighted by Crippen LogP contribution is 2.08. The van der Waals surface area contributed by atoms with Crippen LogP contribution in [0.3, 0.4) is 0 Å². The number of esters is 1. The van der Waals surface area contributed by atoms with Gasteiger partial charge in [-0.05, 0) is 38.3 Å². The summed E-state index contributed by atoms with van der Waals surface area (Å²) in [4.78, 5) is 32.2. The smallest absolute Gasteiger partial charge is 0.317 e. The molecular formula is C20H32N4O3. The number of pyridine rings is 1. The molecule has 1 fully saturated rings. The molecule has 0 aliphatic carbocycles. The van der Waals surface area contributed by atoms with Crippen molar-refractivity contribution >= 4 is 12.0 Å². The van der Waals surface area contributed by atoms with Gasteiger partial charge in [0.25, 0.3) is 0 Å². The van der Waals surface area contributed by atoms with Crippen LogP contribution < -0.4 is 5.32 Å². The minimum atomic E-state index is -0.138. The van der Waals surface area contributed by atoms with E-state index >= 15 is 0 Å². The van der Waals surface area contributed by atoms with E-state index in [2.05, 4.69) is 15.2 Å². The summed E-state index contributed by atoms with van der Waals surface area (Å²) in [7, 11) is 0. The van der Waals surface area contributed by atoms with E-state index in [-0.39, 0.29) is 12.0 Å². The van der Waals surface area contributed by atoms with Crippen LogP contribution in [0.25, 0.3) is 0 Å². The molecule has 0 bridgehead atoms. The second-order valence-corrected chi connectivity index (χ2v) is 6.79. The Bertz CT molecular complexity index is 568. The van der Waals surface area contributed by atoms with Gasteiger partial charge in [-0.1, -0.05) is 12.5 Å². The fourth-order valence-corrected chi connectivity index (χ4v) is 3.16. The van der Waals surface area contributed by atoms with Gasteiger partial charge in [-0.15, -0.1) is 0 Å². The molecule has 0 aromatic carbocycles. The van der Waals surface area contributed by atoms with Crippen molar-refractivity contribution in [3.05, 3.63) is 30.1 Å². The lowest BCUT2D eigenvalue weighted by Crippen LogP contribution is -2.42. The molecule has 1 aromatic rings. The van der Waals surface area contributed by atoms with Gasteiger partial charge in [0.05, 0.1) is 12.3 Å². The van der Waals surface area contributed by atoms with Crippen molar-refractivity contribution in [2.24, 2.45) is 0 Å². The molecule has 0 atom stereocenters. The lowest BCUT2D eigenvalue weighted by atomic mass is 10.2. The standard InChI is InChI=1S/C20H32N4O3/c1-2-27-19(25)10-4-3-6-12-22-20(26)24-14-8-13-23(15-16-24)17-18-9-5-7-11-21-18/h5,7,9,11H,2-4,6,8,10,12-17H2,1H3,(H,22,26). The lowest BCUT2D eigenvalue weighted by Gasteiger charge is -2.22. The van der Waals surface area contributed by atoms with E-state index in [1.807, 2.05) is 36.2 Å². The molecular weight excluding hydrogens is 344 g/mol. The molecule has 2 heterocycles. The van der Waals surface area contributed by atoms with Crippen LogP contribution in [0.15, 0.2) is 24.4 Å². The number of hydrogen-bond donors (Lipinski definition) is 1. The number of amides is 2. The van der Waals surface area contributed by atoms with Crippen molar-refractivity contribution in [3.8, 4) is 0 Å². The minimum Gasteiger partial charge on any atom is -0.466 e. The number of urea groups is 1. The van der Waals surface area contributed by atoms with Crippen LogP contribution in [-0.2, 0) is 16.1 Å². The normalized spacial score (nSPS) is 15.2. The van der Waals surface area contributed by atoms with E-state index < -0.39 is 0 Å². The summed E-state index contributed by atoms with van der Waals surface area (Å²) in [6.07, 6.45) is 5.85. The average Bonchev–Trinajstić information content (AvgIpc) is 2.91. The predicted molar refractivity (Wildman–Crippen MR) is 104 cm³/mol. The van der Waals surface area contributed by atoms with Gasteiger partial charge in [0.2, 0.25) is 0 Å². The predicted octanol–water partition coefficient (Wildman–Crippen LogP) is 2.42. The number of nitrogens with zero attached hydrogens (tertiary/aromatic N) is 3. The second kappa shape index (κ2) is 12.3. The molecule has 0 spiro atoms. The number of hydrogen-bond acceptors (Lipinski definition) is 5. The Morgan fingerprint density at radius 1 is 1.15 bits per heavy atom. The maximum absolute atomic E-state index is 12.4. The van der Waals surface area contributed by atoms with E-state index in [0.29, 0.717) is 19.6 Å². The highest BCUT2D eigenvalue weighted by atomic mass is 16.5. The highest BCUT2D eigenvalue weighted by molar-refractivity contribution is 5.74. The Balaban J connectivity index is 1.59. The third-order valence-corrected chi connectivity index (χ3v) is 4.63. The van der Waals surface area contributed by atoms with Crippen molar-refractivity contribution in [3.63, 3.8) is 0 Å².